The van der Waals surface area contributed by atoms with Crippen LogP contribution in [-0.4, -0.2) is 67.7 Å². The Morgan fingerprint density at radius 1 is 1.52 bits per heavy atom. The van der Waals surface area contributed by atoms with Gasteiger partial charge in [0.1, 0.15) is 6.04 Å². The molecular weight excluding hydrogens is 330 g/mol. The maximum atomic E-state index is 11.7. The summed E-state index contributed by atoms with van der Waals surface area (Å²) in [6.07, 6.45) is 1.76. The van der Waals surface area contributed by atoms with Crippen molar-refractivity contribution in [2.24, 2.45) is 0 Å². The van der Waals surface area contributed by atoms with E-state index in [4.69, 9.17) is 19.6 Å². The van der Waals surface area contributed by atoms with Crippen molar-refractivity contribution in [2.45, 2.75) is 12.5 Å². The smallest absolute Gasteiger partial charge is 0.328 e. The molecule has 136 valence electrons. The minimum absolute atomic E-state index is 0.267. The number of ether oxygens (including phenoxy) is 3. The van der Waals surface area contributed by atoms with Gasteiger partial charge >= 0.3 is 5.97 Å². The number of methoxy groups -OCH3 is 2. The number of hydrogen-bond donors (Lipinski definition) is 4. The molecule has 0 bridgehead atoms. The van der Waals surface area contributed by atoms with E-state index in [2.05, 4.69) is 15.7 Å². The largest absolute Gasteiger partial charge is 0.481 e. The molecule has 1 aromatic heterocycles. The number of hydrogen-bond acceptors (Lipinski definition) is 10. The highest BCUT2D eigenvalue weighted by Crippen LogP contribution is 2.29. The second-order valence-corrected chi connectivity index (χ2v) is 5.11. The second-order valence-electron chi connectivity index (χ2n) is 5.11. The van der Waals surface area contributed by atoms with Crippen molar-refractivity contribution < 1.29 is 24.1 Å². The monoisotopic (exact) mass is 351 g/mol. The molecule has 10 heteroatoms. The lowest BCUT2D eigenvalue weighted by Crippen LogP contribution is -2.39. The van der Waals surface area contributed by atoms with Crippen molar-refractivity contribution in [3.8, 4) is 5.88 Å². The van der Waals surface area contributed by atoms with Crippen molar-refractivity contribution in [3.63, 3.8) is 0 Å². The zero-order valence-electron chi connectivity index (χ0n) is 14.4. The molecule has 1 aliphatic rings. The first-order chi connectivity index (χ1) is 11.9. The highest BCUT2D eigenvalue weighted by Gasteiger charge is 2.29. The first-order valence-corrected chi connectivity index (χ1v) is 7.36. The van der Waals surface area contributed by atoms with Crippen molar-refractivity contribution in [3.05, 3.63) is 29.5 Å². The number of aliphatic hydroxyl groups excluding tert-OH is 1. The SMILES string of the molecule is CNC(O)OC(=N)c1cnc(OC)c(C2=CC(C(=O)OC)NN2C)c1. The molecular formula is C15H21N5O5. The second kappa shape index (κ2) is 7.92. The van der Waals surface area contributed by atoms with E-state index < -0.39 is 18.4 Å². The van der Waals surface area contributed by atoms with E-state index in [1.54, 1.807) is 24.2 Å². The number of nitrogens with zero attached hydrogens (tertiary/aromatic N) is 2. The van der Waals surface area contributed by atoms with Gasteiger partial charge in [0.25, 0.3) is 6.41 Å². The average Bonchev–Trinajstić information content (AvgIpc) is 3.01. The Morgan fingerprint density at radius 2 is 2.24 bits per heavy atom. The van der Waals surface area contributed by atoms with Crippen LogP contribution in [0.15, 0.2) is 18.3 Å². The van der Waals surface area contributed by atoms with Gasteiger partial charge in [-0.25, -0.2) is 15.2 Å². The number of carbonyl (C=O) groups excluding carboxylic acids is 1. The maximum absolute atomic E-state index is 11.7. The predicted molar refractivity (Wildman–Crippen MR) is 88.4 cm³/mol. The van der Waals surface area contributed by atoms with Crippen LogP contribution in [0.1, 0.15) is 11.1 Å². The van der Waals surface area contributed by atoms with Crippen molar-refractivity contribution in [1.82, 2.24) is 20.7 Å². The van der Waals surface area contributed by atoms with Crippen LogP contribution in [-0.2, 0) is 14.3 Å². The topological polar surface area (TPSA) is 129 Å². The maximum Gasteiger partial charge on any atom is 0.328 e. The molecule has 2 heterocycles. The normalized spacial score (nSPS) is 17.7. The third-order valence-electron chi connectivity index (χ3n) is 3.53. The first-order valence-electron chi connectivity index (χ1n) is 7.36. The summed E-state index contributed by atoms with van der Waals surface area (Å²) < 4.78 is 15.0. The van der Waals surface area contributed by atoms with E-state index >= 15 is 0 Å². The predicted octanol–water partition coefficient (Wildman–Crippen LogP) is -0.740. The van der Waals surface area contributed by atoms with E-state index in [0.717, 1.165) is 0 Å². The van der Waals surface area contributed by atoms with Crippen molar-refractivity contribution >= 4 is 17.6 Å². The van der Waals surface area contributed by atoms with Gasteiger partial charge in [-0.2, -0.15) is 0 Å². The van der Waals surface area contributed by atoms with Crippen LogP contribution in [0.2, 0.25) is 0 Å². The van der Waals surface area contributed by atoms with Gasteiger partial charge in [-0.05, 0) is 19.2 Å². The molecule has 0 radical (unpaired) electrons. The Bertz CT molecular complexity index is 693. The zero-order valence-corrected chi connectivity index (χ0v) is 14.4. The number of esters is 1. The number of nitrogens with one attached hydrogen (secondary N) is 3. The highest BCUT2D eigenvalue weighted by molar-refractivity contribution is 5.93. The number of pyridine rings is 1. The molecule has 0 spiro atoms. The van der Waals surface area contributed by atoms with Gasteiger partial charge in [-0.3, -0.25) is 10.7 Å². The summed E-state index contributed by atoms with van der Waals surface area (Å²) in [5, 5.41) is 21.4. The molecule has 2 rings (SSSR count). The van der Waals surface area contributed by atoms with E-state index in [1.165, 1.54) is 27.5 Å². The van der Waals surface area contributed by atoms with Gasteiger partial charge in [-0.1, -0.05) is 0 Å². The fraction of sp³-hybridized carbons (Fsp3) is 0.400. The van der Waals surface area contributed by atoms with Crippen LogP contribution in [0.25, 0.3) is 5.70 Å². The van der Waals surface area contributed by atoms with Crippen LogP contribution in [0, 0.1) is 5.41 Å². The number of aromatic nitrogens is 1. The summed E-state index contributed by atoms with van der Waals surface area (Å²) in [6.45, 7) is 0. The molecule has 0 saturated carbocycles. The molecule has 1 aromatic rings. The summed E-state index contributed by atoms with van der Waals surface area (Å²) in [5.41, 5.74) is 4.45. The Morgan fingerprint density at radius 3 is 2.84 bits per heavy atom. The fourth-order valence-electron chi connectivity index (χ4n) is 2.26. The summed E-state index contributed by atoms with van der Waals surface area (Å²) in [7, 11) is 6.00. The number of hydrazine groups is 1. The molecule has 0 aliphatic carbocycles. The molecule has 2 unspecified atom stereocenters. The third kappa shape index (κ3) is 4.05. The summed E-state index contributed by atoms with van der Waals surface area (Å²) in [5.74, 6) is -0.383. The van der Waals surface area contributed by atoms with E-state index in [9.17, 15) is 9.90 Å². The van der Waals surface area contributed by atoms with Crippen molar-refractivity contribution in [1.29, 1.82) is 5.41 Å². The molecule has 0 saturated heterocycles. The summed E-state index contributed by atoms with van der Waals surface area (Å²) in [6, 6.07) is 0.986. The number of carbonyl (C=O) groups is 1. The molecule has 4 N–H and O–H groups in total. The van der Waals surface area contributed by atoms with E-state index in [0.29, 0.717) is 22.7 Å². The summed E-state index contributed by atoms with van der Waals surface area (Å²) in [4.78, 5) is 15.9. The van der Waals surface area contributed by atoms with Crippen molar-refractivity contribution in [2.75, 3.05) is 28.3 Å². The highest BCUT2D eigenvalue weighted by atomic mass is 16.6. The van der Waals surface area contributed by atoms with Gasteiger partial charge in [0.2, 0.25) is 11.8 Å². The first kappa shape index (κ1) is 18.6. The fourth-order valence-corrected chi connectivity index (χ4v) is 2.26. The molecule has 0 amide bonds. The van der Waals surface area contributed by atoms with E-state index in [-0.39, 0.29) is 5.90 Å². The van der Waals surface area contributed by atoms with Crippen LogP contribution in [0.5, 0.6) is 5.88 Å². The Hall–Kier alpha value is -2.69. The molecule has 0 aromatic carbocycles. The van der Waals surface area contributed by atoms with Crippen LogP contribution < -0.4 is 15.5 Å². The van der Waals surface area contributed by atoms with Gasteiger partial charge in [0.15, 0.2) is 0 Å². The average molecular weight is 351 g/mol. The van der Waals surface area contributed by atoms with Gasteiger partial charge in [0.05, 0.1) is 31.0 Å². The standard InChI is InChI=1S/C15H21N5O5/c1-17-15(22)25-12(16)8-5-9(13(23-3)18-7-8)11-6-10(14(21)24-4)19-20(11)2/h5-7,10,15-17,19,22H,1-4H3. The number of rotatable bonds is 6. The van der Waals surface area contributed by atoms with Gasteiger partial charge in [-0.15, -0.1) is 0 Å². The van der Waals surface area contributed by atoms with Crippen LogP contribution in [0.4, 0.5) is 0 Å². The minimum Gasteiger partial charge on any atom is -0.481 e. The van der Waals surface area contributed by atoms with Gasteiger partial charge < -0.3 is 24.3 Å². The molecule has 10 nitrogen and oxygen atoms in total. The quantitative estimate of drug-likeness (QED) is 0.227. The lowest BCUT2D eigenvalue weighted by Gasteiger charge is -2.20. The molecule has 0 fully saturated rings. The zero-order chi connectivity index (χ0) is 18.6. The van der Waals surface area contributed by atoms with E-state index in [1.807, 2.05) is 0 Å². The Labute approximate surface area is 144 Å². The van der Waals surface area contributed by atoms with Gasteiger partial charge in [0, 0.05) is 13.2 Å². The summed E-state index contributed by atoms with van der Waals surface area (Å²) >= 11 is 0. The lowest BCUT2D eigenvalue weighted by molar-refractivity contribution is -0.142. The number of aliphatic hydroxyl groups is 1. The van der Waals surface area contributed by atoms with Crippen LogP contribution >= 0.6 is 0 Å². The molecule has 1 aliphatic heterocycles. The minimum atomic E-state index is -1.31. The lowest BCUT2D eigenvalue weighted by atomic mass is 10.1. The van der Waals surface area contributed by atoms with Crippen LogP contribution in [0.3, 0.4) is 0 Å². The third-order valence-corrected chi connectivity index (χ3v) is 3.53. The Balaban J connectivity index is 2.37. The molecule has 25 heavy (non-hydrogen) atoms. The molecule has 2 atom stereocenters. The Kier molecular flexibility index (Phi) is 5.91.